The van der Waals surface area contributed by atoms with Crippen LogP contribution in [0.25, 0.3) is 0 Å². The Hall–Kier alpha value is -2.84. The van der Waals surface area contributed by atoms with Gasteiger partial charge >= 0.3 is 0 Å². The number of para-hydroxylation sites is 1. The monoisotopic (exact) mass is 430 g/mol. The highest BCUT2D eigenvalue weighted by atomic mass is 32.2. The van der Waals surface area contributed by atoms with E-state index < -0.39 is 10.0 Å². The fourth-order valence-corrected chi connectivity index (χ4v) is 4.36. The molecule has 0 saturated heterocycles. The number of carbonyl (C=O) groups excluding carboxylic acids is 1. The van der Waals surface area contributed by atoms with E-state index in [4.69, 9.17) is 0 Å². The van der Waals surface area contributed by atoms with Crippen molar-refractivity contribution in [3.8, 4) is 0 Å². The van der Waals surface area contributed by atoms with Crippen LogP contribution in [-0.4, -0.2) is 20.1 Å². The van der Waals surface area contributed by atoms with Crippen LogP contribution in [0.2, 0.25) is 0 Å². The highest BCUT2D eigenvalue weighted by Gasteiger charge is 2.14. The zero-order valence-corrected chi connectivity index (χ0v) is 17.0. The predicted octanol–water partition coefficient (Wildman–Crippen LogP) is 4.75. The number of nitrogens with one attached hydrogen (secondary N) is 2. The van der Waals surface area contributed by atoms with Crippen molar-refractivity contribution in [2.24, 2.45) is 0 Å². The number of anilines is 2. The molecule has 0 saturated carbocycles. The molecule has 3 aromatic rings. The van der Waals surface area contributed by atoms with Crippen molar-refractivity contribution >= 4 is 39.1 Å². The molecule has 0 unspecified atom stereocenters. The molecule has 0 bridgehead atoms. The zero-order chi connectivity index (χ0) is 20.7. The number of hydrogen-bond acceptors (Lipinski definition) is 4. The van der Waals surface area contributed by atoms with Gasteiger partial charge in [-0.2, -0.15) is 0 Å². The Morgan fingerprint density at radius 2 is 1.52 bits per heavy atom. The van der Waals surface area contributed by atoms with Crippen LogP contribution in [-0.2, 0) is 14.8 Å². The number of benzene rings is 3. The van der Waals surface area contributed by atoms with Crippen LogP contribution in [0.15, 0.2) is 88.7 Å². The molecule has 0 heterocycles. The highest BCUT2D eigenvalue weighted by Crippen LogP contribution is 2.20. The Morgan fingerprint density at radius 1 is 0.862 bits per heavy atom. The first-order valence-corrected chi connectivity index (χ1v) is 11.3. The molecule has 5 nitrogen and oxygen atoms in total. The maximum Gasteiger partial charge on any atom is 0.261 e. The van der Waals surface area contributed by atoms with Crippen LogP contribution in [0.4, 0.5) is 15.8 Å². The summed E-state index contributed by atoms with van der Waals surface area (Å²) in [6.45, 7) is 0. The van der Waals surface area contributed by atoms with Gasteiger partial charge in [-0.05, 0) is 60.7 Å². The van der Waals surface area contributed by atoms with Gasteiger partial charge in [-0.3, -0.25) is 9.52 Å². The molecule has 0 aliphatic heterocycles. The van der Waals surface area contributed by atoms with Crippen molar-refractivity contribution in [3.63, 3.8) is 0 Å². The molecule has 3 aromatic carbocycles. The quantitative estimate of drug-likeness (QED) is 0.506. The fourth-order valence-electron chi connectivity index (χ4n) is 2.45. The number of halogens is 1. The van der Waals surface area contributed by atoms with Gasteiger partial charge in [0.1, 0.15) is 5.82 Å². The summed E-state index contributed by atoms with van der Waals surface area (Å²) in [6, 6.07) is 20.7. The normalized spacial score (nSPS) is 11.1. The average molecular weight is 431 g/mol. The minimum atomic E-state index is -3.70. The smallest absolute Gasteiger partial charge is 0.261 e. The Balaban J connectivity index is 1.51. The van der Waals surface area contributed by atoms with Crippen molar-refractivity contribution in [1.82, 2.24) is 0 Å². The van der Waals surface area contributed by atoms with Crippen molar-refractivity contribution < 1.29 is 17.6 Å². The maximum absolute atomic E-state index is 12.9. The molecular weight excluding hydrogens is 411 g/mol. The SMILES string of the molecule is O=C(CCSc1ccc(F)cc1)Nc1ccc(S(=O)(=O)Nc2ccccc2)cc1. The summed E-state index contributed by atoms with van der Waals surface area (Å²) in [4.78, 5) is 13.1. The van der Waals surface area contributed by atoms with E-state index in [1.54, 1.807) is 54.6 Å². The summed E-state index contributed by atoms with van der Waals surface area (Å²) in [5.74, 6) is 0.0689. The van der Waals surface area contributed by atoms with E-state index in [2.05, 4.69) is 10.0 Å². The second kappa shape index (κ2) is 9.58. The van der Waals surface area contributed by atoms with Crippen LogP contribution in [0.3, 0.4) is 0 Å². The highest BCUT2D eigenvalue weighted by molar-refractivity contribution is 7.99. The lowest BCUT2D eigenvalue weighted by Gasteiger charge is -2.09. The number of sulfonamides is 1. The van der Waals surface area contributed by atoms with Gasteiger partial charge in [-0.15, -0.1) is 11.8 Å². The van der Waals surface area contributed by atoms with Crippen molar-refractivity contribution in [2.45, 2.75) is 16.2 Å². The lowest BCUT2D eigenvalue weighted by atomic mass is 10.3. The Morgan fingerprint density at radius 3 is 2.17 bits per heavy atom. The Kier molecular flexibility index (Phi) is 6.90. The van der Waals surface area contributed by atoms with Crippen LogP contribution >= 0.6 is 11.8 Å². The van der Waals surface area contributed by atoms with E-state index in [0.717, 1.165) is 4.90 Å². The topological polar surface area (TPSA) is 75.3 Å². The van der Waals surface area contributed by atoms with Gasteiger partial charge in [-0.1, -0.05) is 18.2 Å². The summed E-state index contributed by atoms with van der Waals surface area (Å²) in [6.07, 6.45) is 0.275. The molecule has 3 rings (SSSR count). The molecule has 1 amide bonds. The second-order valence-corrected chi connectivity index (χ2v) is 8.95. The van der Waals surface area contributed by atoms with Crippen molar-refractivity contribution in [2.75, 3.05) is 15.8 Å². The molecule has 8 heteroatoms. The molecule has 2 N–H and O–H groups in total. The van der Waals surface area contributed by atoms with Gasteiger partial charge in [0.2, 0.25) is 5.91 Å². The standard InChI is InChI=1S/C21H19FN2O3S2/c22-16-6-10-19(11-7-16)28-15-14-21(25)23-17-8-12-20(13-9-17)29(26,27)24-18-4-2-1-3-5-18/h1-13,24H,14-15H2,(H,23,25). The fraction of sp³-hybridized carbons (Fsp3) is 0.0952. The minimum Gasteiger partial charge on any atom is -0.326 e. The number of amides is 1. The predicted molar refractivity (Wildman–Crippen MR) is 114 cm³/mol. The lowest BCUT2D eigenvalue weighted by molar-refractivity contribution is -0.115. The number of thioether (sulfide) groups is 1. The number of rotatable bonds is 8. The summed E-state index contributed by atoms with van der Waals surface area (Å²) in [7, 11) is -3.70. The zero-order valence-electron chi connectivity index (χ0n) is 15.3. The molecule has 29 heavy (non-hydrogen) atoms. The third-order valence-corrected chi connectivity index (χ3v) is 6.30. The van der Waals surface area contributed by atoms with Crippen molar-refractivity contribution in [1.29, 1.82) is 0 Å². The maximum atomic E-state index is 12.9. The first-order valence-electron chi connectivity index (χ1n) is 8.78. The van der Waals surface area contributed by atoms with Gasteiger partial charge in [0.25, 0.3) is 10.0 Å². The van der Waals surface area contributed by atoms with Crippen molar-refractivity contribution in [3.05, 3.63) is 84.7 Å². The third kappa shape index (κ3) is 6.33. The van der Waals surface area contributed by atoms with Crippen LogP contribution in [0, 0.1) is 5.82 Å². The third-order valence-electron chi connectivity index (χ3n) is 3.89. The number of carbonyl (C=O) groups is 1. The molecule has 0 atom stereocenters. The molecular formula is C21H19FN2O3S2. The van der Waals surface area contributed by atoms with Gasteiger partial charge in [0.15, 0.2) is 0 Å². The van der Waals surface area contributed by atoms with Crippen LogP contribution in [0.5, 0.6) is 0 Å². The molecule has 0 aliphatic rings. The van der Waals surface area contributed by atoms with E-state index in [0.29, 0.717) is 17.1 Å². The molecule has 0 aromatic heterocycles. The molecule has 0 aliphatic carbocycles. The summed E-state index contributed by atoms with van der Waals surface area (Å²) >= 11 is 1.46. The Bertz CT molecular complexity index is 1060. The minimum absolute atomic E-state index is 0.103. The first-order chi connectivity index (χ1) is 13.9. The largest absolute Gasteiger partial charge is 0.326 e. The second-order valence-electron chi connectivity index (χ2n) is 6.10. The summed E-state index contributed by atoms with van der Waals surface area (Å²) < 4.78 is 40.2. The van der Waals surface area contributed by atoms with Gasteiger partial charge in [0, 0.05) is 28.4 Å². The van der Waals surface area contributed by atoms with E-state index in [9.17, 15) is 17.6 Å². The van der Waals surface area contributed by atoms with E-state index >= 15 is 0 Å². The molecule has 0 spiro atoms. The first kappa shape index (κ1) is 20.9. The van der Waals surface area contributed by atoms with E-state index in [1.807, 2.05) is 0 Å². The van der Waals surface area contributed by atoms with Gasteiger partial charge < -0.3 is 5.32 Å². The van der Waals surface area contributed by atoms with Gasteiger partial charge in [0.05, 0.1) is 4.90 Å². The average Bonchev–Trinajstić information content (AvgIpc) is 2.70. The van der Waals surface area contributed by atoms with E-state index in [-0.39, 0.29) is 23.0 Å². The number of hydrogen-bond donors (Lipinski definition) is 2. The lowest BCUT2D eigenvalue weighted by Crippen LogP contribution is -2.14. The van der Waals surface area contributed by atoms with E-state index in [1.165, 1.54) is 36.0 Å². The molecule has 150 valence electrons. The molecule has 0 radical (unpaired) electrons. The Labute approximate surface area is 173 Å². The van der Waals surface area contributed by atoms with Crippen LogP contribution < -0.4 is 10.0 Å². The van der Waals surface area contributed by atoms with Crippen LogP contribution in [0.1, 0.15) is 6.42 Å². The molecule has 0 fully saturated rings. The van der Waals surface area contributed by atoms with Gasteiger partial charge in [-0.25, -0.2) is 12.8 Å². The summed E-state index contributed by atoms with van der Waals surface area (Å²) in [5, 5.41) is 2.74. The summed E-state index contributed by atoms with van der Waals surface area (Å²) in [5.41, 5.74) is 0.990.